The van der Waals surface area contributed by atoms with E-state index in [-0.39, 0.29) is 17.0 Å². The van der Waals surface area contributed by atoms with E-state index in [0.29, 0.717) is 33.6 Å². The normalized spacial score (nSPS) is 11.7. The molecule has 0 atom stereocenters. The Morgan fingerprint density at radius 1 is 1.15 bits per heavy atom. The van der Waals surface area contributed by atoms with Crippen LogP contribution in [0.4, 0.5) is 0 Å². The molecule has 1 N–H and O–H groups in total. The quantitative estimate of drug-likeness (QED) is 0.723. The summed E-state index contributed by atoms with van der Waals surface area (Å²) in [6.07, 6.45) is 0. The molecule has 0 bridgehead atoms. The van der Waals surface area contributed by atoms with Crippen molar-refractivity contribution in [3.63, 3.8) is 0 Å². The molecule has 0 amide bonds. The SMILES string of the molecule is COc1cc(C)c(S(=O)(=O)NCc2nc3ccccc3c(=O)n2C)c(C)c1. The summed E-state index contributed by atoms with van der Waals surface area (Å²) in [5, 5.41) is 0.494. The Balaban J connectivity index is 1.96. The van der Waals surface area contributed by atoms with E-state index in [9.17, 15) is 13.2 Å². The van der Waals surface area contributed by atoms with Gasteiger partial charge in [-0.2, -0.15) is 0 Å². The Kier molecular flexibility index (Phi) is 5.03. The van der Waals surface area contributed by atoms with Gasteiger partial charge < -0.3 is 4.74 Å². The Hall–Kier alpha value is -2.71. The maximum Gasteiger partial charge on any atom is 0.261 e. The summed E-state index contributed by atoms with van der Waals surface area (Å²) in [5.41, 5.74) is 1.48. The molecule has 0 radical (unpaired) electrons. The predicted molar refractivity (Wildman–Crippen MR) is 103 cm³/mol. The van der Waals surface area contributed by atoms with Crippen molar-refractivity contribution >= 4 is 20.9 Å². The third-order valence-corrected chi connectivity index (χ3v) is 6.14. The number of nitrogens with one attached hydrogen (secondary N) is 1. The first-order valence-corrected chi connectivity index (χ1v) is 9.82. The maximum absolute atomic E-state index is 12.8. The molecule has 0 saturated carbocycles. The fraction of sp³-hybridized carbons (Fsp3) is 0.263. The average molecular weight is 387 g/mol. The number of nitrogens with zero attached hydrogens (tertiary/aromatic N) is 2. The van der Waals surface area contributed by atoms with Crippen LogP contribution in [0.2, 0.25) is 0 Å². The summed E-state index contributed by atoms with van der Waals surface area (Å²) in [6, 6.07) is 10.3. The van der Waals surface area contributed by atoms with Crippen LogP contribution >= 0.6 is 0 Å². The van der Waals surface area contributed by atoms with Crippen LogP contribution in [0.25, 0.3) is 10.9 Å². The lowest BCUT2D eigenvalue weighted by Gasteiger charge is -2.14. The van der Waals surface area contributed by atoms with Crippen molar-refractivity contribution in [2.24, 2.45) is 7.05 Å². The van der Waals surface area contributed by atoms with E-state index >= 15 is 0 Å². The second kappa shape index (κ2) is 7.13. The molecule has 0 unspecified atom stereocenters. The number of rotatable bonds is 5. The lowest BCUT2D eigenvalue weighted by Crippen LogP contribution is -2.30. The molecule has 0 aliphatic heterocycles. The van der Waals surface area contributed by atoms with E-state index in [1.807, 2.05) is 0 Å². The molecule has 3 aromatic rings. The first-order chi connectivity index (χ1) is 12.7. The first-order valence-electron chi connectivity index (χ1n) is 8.34. The molecule has 27 heavy (non-hydrogen) atoms. The largest absolute Gasteiger partial charge is 0.497 e. The van der Waals surface area contributed by atoms with Gasteiger partial charge in [0.1, 0.15) is 11.6 Å². The molecule has 142 valence electrons. The predicted octanol–water partition coefficient (Wildman–Crippen LogP) is 2.04. The number of ether oxygens (including phenoxy) is 1. The monoisotopic (exact) mass is 387 g/mol. The molecule has 1 heterocycles. The van der Waals surface area contributed by atoms with Crippen LogP contribution in [0, 0.1) is 13.8 Å². The van der Waals surface area contributed by atoms with Crippen molar-refractivity contribution in [2.75, 3.05) is 7.11 Å². The van der Waals surface area contributed by atoms with E-state index in [4.69, 9.17) is 4.74 Å². The van der Waals surface area contributed by atoms with Crippen molar-refractivity contribution in [3.05, 3.63) is 63.7 Å². The highest BCUT2D eigenvalue weighted by atomic mass is 32.2. The number of methoxy groups -OCH3 is 1. The zero-order valence-corrected chi connectivity index (χ0v) is 16.4. The second-order valence-corrected chi connectivity index (χ2v) is 8.03. The fourth-order valence-electron chi connectivity index (χ4n) is 3.11. The molecule has 1 aromatic heterocycles. The van der Waals surface area contributed by atoms with Crippen LogP contribution in [0.3, 0.4) is 0 Å². The van der Waals surface area contributed by atoms with E-state index in [2.05, 4.69) is 9.71 Å². The highest BCUT2D eigenvalue weighted by Gasteiger charge is 2.21. The van der Waals surface area contributed by atoms with Crippen LogP contribution in [0.5, 0.6) is 5.75 Å². The fourth-order valence-corrected chi connectivity index (χ4v) is 4.54. The average Bonchev–Trinajstić information content (AvgIpc) is 2.62. The Morgan fingerprint density at radius 3 is 2.41 bits per heavy atom. The summed E-state index contributed by atoms with van der Waals surface area (Å²) >= 11 is 0. The van der Waals surface area contributed by atoms with Crippen molar-refractivity contribution in [1.29, 1.82) is 0 Å². The zero-order valence-electron chi connectivity index (χ0n) is 15.6. The van der Waals surface area contributed by atoms with Crippen molar-refractivity contribution in [1.82, 2.24) is 14.3 Å². The summed E-state index contributed by atoms with van der Waals surface area (Å²) in [4.78, 5) is 17.1. The van der Waals surface area contributed by atoms with Gasteiger partial charge in [-0.1, -0.05) is 12.1 Å². The third-order valence-electron chi connectivity index (χ3n) is 4.43. The van der Waals surface area contributed by atoms with Crippen LogP contribution in [-0.4, -0.2) is 25.1 Å². The number of fused-ring (bicyclic) bond motifs is 1. The number of benzene rings is 2. The van der Waals surface area contributed by atoms with Gasteiger partial charge in [0.25, 0.3) is 5.56 Å². The summed E-state index contributed by atoms with van der Waals surface area (Å²) in [6.45, 7) is 3.34. The minimum atomic E-state index is -3.79. The summed E-state index contributed by atoms with van der Waals surface area (Å²) < 4.78 is 34.8. The van der Waals surface area contributed by atoms with E-state index < -0.39 is 10.0 Å². The van der Waals surface area contributed by atoms with Gasteiger partial charge in [-0.05, 0) is 49.2 Å². The molecule has 7 nitrogen and oxygen atoms in total. The molecule has 0 saturated heterocycles. The number of aryl methyl sites for hydroxylation is 2. The van der Waals surface area contributed by atoms with Gasteiger partial charge in [0.15, 0.2) is 0 Å². The molecule has 0 aliphatic carbocycles. The Morgan fingerprint density at radius 2 is 1.78 bits per heavy atom. The van der Waals surface area contributed by atoms with Crippen LogP contribution in [0.1, 0.15) is 17.0 Å². The van der Waals surface area contributed by atoms with Crippen LogP contribution in [0.15, 0.2) is 46.1 Å². The molecule has 0 aliphatic rings. The minimum absolute atomic E-state index is 0.0934. The molecule has 0 spiro atoms. The highest BCUT2D eigenvalue weighted by Crippen LogP contribution is 2.25. The molecule has 8 heteroatoms. The number of hydrogen-bond acceptors (Lipinski definition) is 5. The van der Waals surface area contributed by atoms with Gasteiger partial charge >= 0.3 is 0 Å². The molecule has 3 rings (SSSR count). The topological polar surface area (TPSA) is 90.3 Å². The van der Waals surface area contributed by atoms with Gasteiger partial charge in [-0.15, -0.1) is 0 Å². The standard InChI is InChI=1S/C19H21N3O4S/c1-12-9-14(26-4)10-13(2)18(12)27(24,25)20-11-17-21-16-8-6-5-7-15(16)19(23)22(17)3/h5-10,20H,11H2,1-4H3. The number of para-hydroxylation sites is 1. The summed E-state index contributed by atoms with van der Waals surface area (Å²) in [7, 11) is -0.676. The molecule has 0 fully saturated rings. The number of aromatic nitrogens is 2. The van der Waals surface area contributed by atoms with Crippen molar-refractivity contribution in [2.45, 2.75) is 25.3 Å². The smallest absolute Gasteiger partial charge is 0.261 e. The number of sulfonamides is 1. The van der Waals surface area contributed by atoms with Gasteiger partial charge in [-0.25, -0.2) is 18.1 Å². The summed E-state index contributed by atoms with van der Waals surface area (Å²) in [5.74, 6) is 0.939. The maximum atomic E-state index is 12.8. The van der Waals surface area contributed by atoms with Crippen molar-refractivity contribution < 1.29 is 13.2 Å². The minimum Gasteiger partial charge on any atom is -0.497 e. The molecular formula is C19H21N3O4S. The molecule has 2 aromatic carbocycles. The van der Waals surface area contributed by atoms with E-state index in [1.54, 1.807) is 57.3 Å². The zero-order chi connectivity index (χ0) is 19.8. The first kappa shape index (κ1) is 19.1. The second-order valence-electron chi connectivity index (χ2n) is 6.32. The van der Waals surface area contributed by atoms with Crippen molar-refractivity contribution in [3.8, 4) is 5.75 Å². The third kappa shape index (κ3) is 3.58. The highest BCUT2D eigenvalue weighted by molar-refractivity contribution is 7.89. The van der Waals surface area contributed by atoms with Crippen LogP contribution < -0.4 is 15.0 Å². The molecular weight excluding hydrogens is 366 g/mol. The van der Waals surface area contributed by atoms with Gasteiger partial charge in [0, 0.05) is 7.05 Å². The number of hydrogen-bond donors (Lipinski definition) is 1. The van der Waals surface area contributed by atoms with Gasteiger partial charge in [0.05, 0.1) is 29.5 Å². The van der Waals surface area contributed by atoms with E-state index in [1.165, 1.54) is 11.7 Å². The van der Waals surface area contributed by atoms with Gasteiger partial charge in [0.2, 0.25) is 10.0 Å². The lowest BCUT2D eigenvalue weighted by atomic mass is 10.1. The van der Waals surface area contributed by atoms with E-state index in [0.717, 1.165) is 0 Å². The Labute approximate surface area is 157 Å². The lowest BCUT2D eigenvalue weighted by molar-refractivity contribution is 0.413. The van der Waals surface area contributed by atoms with Crippen LogP contribution in [-0.2, 0) is 23.6 Å². The van der Waals surface area contributed by atoms with Gasteiger partial charge in [-0.3, -0.25) is 9.36 Å². The Bertz CT molecular complexity index is 1160.